The van der Waals surface area contributed by atoms with Gasteiger partial charge >= 0.3 is 11.9 Å². The zero-order valence-electron chi connectivity index (χ0n) is 16.5. The summed E-state index contributed by atoms with van der Waals surface area (Å²) in [5.41, 5.74) is 1.23. The molecule has 27 heavy (non-hydrogen) atoms. The van der Waals surface area contributed by atoms with Crippen molar-refractivity contribution in [3.63, 3.8) is 0 Å². The van der Waals surface area contributed by atoms with Crippen LogP contribution in [0.4, 0.5) is 0 Å². The number of hydrogen-bond donors (Lipinski definition) is 2. The first-order chi connectivity index (χ1) is 12.9. The molecular formula is C21H33NO5. The van der Waals surface area contributed by atoms with E-state index in [2.05, 4.69) is 36.9 Å². The molecule has 1 atom stereocenters. The normalized spacial score (nSPS) is 16.9. The van der Waals surface area contributed by atoms with Crippen molar-refractivity contribution in [1.29, 1.82) is 0 Å². The Kier molecular flexibility index (Phi) is 11.2. The zero-order chi connectivity index (χ0) is 20.1. The molecule has 0 amide bonds. The second-order valence-corrected chi connectivity index (χ2v) is 7.02. The molecule has 1 unspecified atom stereocenters. The lowest BCUT2D eigenvalue weighted by Crippen LogP contribution is -2.37. The van der Waals surface area contributed by atoms with Gasteiger partial charge in [0.05, 0.1) is 6.61 Å². The number of carbonyl (C=O) groups is 2. The van der Waals surface area contributed by atoms with Crippen LogP contribution in [0, 0.1) is 6.92 Å². The number of piperidine rings is 1. The second kappa shape index (κ2) is 13.1. The van der Waals surface area contributed by atoms with Crippen LogP contribution in [0.25, 0.3) is 0 Å². The Hall–Kier alpha value is -2.08. The number of aryl methyl sites for hydroxylation is 1. The lowest BCUT2D eigenvalue weighted by molar-refractivity contribution is -0.159. The average Bonchev–Trinajstić information content (AvgIpc) is 2.64. The molecule has 0 radical (unpaired) electrons. The predicted molar refractivity (Wildman–Crippen MR) is 105 cm³/mol. The third kappa shape index (κ3) is 9.99. The van der Waals surface area contributed by atoms with Crippen LogP contribution in [0.15, 0.2) is 24.3 Å². The maximum atomic E-state index is 9.10. The largest absolute Gasteiger partial charge is 0.493 e. The molecule has 0 aliphatic carbocycles. The summed E-state index contributed by atoms with van der Waals surface area (Å²) in [6, 6.07) is 9.08. The van der Waals surface area contributed by atoms with Crippen molar-refractivity contribution in [2.45, 2.75) is 64.8 Å². The smallest absolute Gasteiger partial charge is 0.414 e. The highest BCUT2D eigenvalue weighted by molar-refractivity contribution is 6.27. The Balaban J connectivity index is 0.000000527. The summed E-state index contributed by atoms with van der Waals surface area (Å²) < 4.78 is 5.84. The Morgan fingerprint density at radius 3 is 2.37 bits per heavy atom. The molecule has 1 aromatic rings. The van der Waals surface area contributed by atoms with E-state index in [9.17, 15) is 0 Å². The monoisotopic (exact) mass is 379 g/mol. The molecule has 0 saturated carbocycles. The van der Waals surface area contributed by atoms with Crippen molar-refractivity contribution in [2.24, 2.45) is 0 Å². The fourth-order valence-corrected chi connectivity index (χ4v) is 3.16. The minimum Gasteiger partial charge on any atom is -0.493 e. The van der Waals surface area contributed by atoms with Gasteiger partial charge in [-0.25, -0.2) is 9.59 Å². The van der Waals surface area contributed by atoms with Gasteiger partial charge < -0.3 is 19.8 Å². The molecule has 0 bridgehead atoms. The lowest BCUT2D eigenvalue weighted by atomic mass is 10.0. The van der Waals surface area contributed by atoms with Gasteiger partial charge in [-0.2, -0.15) is 0 Å². The van der Waals surface area contributed by atoms with E-state index in [0.29, 0.717) is 0 Å². The summed E-state index contributed by atoms with van der Waals surface area (Å²) in [4.78, 5) is 20.9. The summed E-state index contributed by atoms with van der Waals surface area (Å²) in [5.74, 6) is -2.61. The number of benzene rings is 1. The average molecular weight is 379 g/mol. The van der Waals surface area contributed by atoms with Crippen molar-refractivity contribution in [3.05, 3.63) is 29.8 Å². The number of rotatable bonds is 8. The number of ether oxygens (including phenoxy) is 1. The minimum absolute atomic E-state index is 0.808. The molecule has 1 heterocycles. The van der Waals surface area contributed by atoms with E-state index in [-0.39, 0.29) is 0 Å². The van der Waals surface area contributed by atoms with Crippen LogP contribution in [0.1, 0.15) is 57.4 Å². The molecule has 1 fully saturated rings. The van der Waals surface area contributed by atoms with Crippen LogP contribution in [-0.2, 0) is 9.59 Å². The van der Waals surface area contributed by atoms with Crippen LogP contribution in [0.2, 0.25) is 0 Å². The Bertz CT molecular complexity index is 563. The van der Waals surface area contributed by atoms with Gasteiger partial charge in [-0.1, -0.05) is 37.5 Å². The summed E-state index contributed by atoms with van der Waals surface area (Å²) in [6.07, 6.45) is 9.35. The summed E-state index contributed by atoms with van der Waals surface area (Å²) in [5, 5.41) is 14.8. The number of para-hydroxylation sites is 1. The Morgan fingerprint density at radius 1 is 1.07 bits per heavy atom. The first-order valence-corrected chi connectivity index (χ1v) is 9.80. The summed E-state index contributed by atoms with van der Waals surface area (Å²) >= 11 is 0. The second-order valence-electron chi connectivity index (χ2n) is 7.02. The van der Waals surface area contributed by atoms with Gasteiger partial charge in [0.15, 0.2) is 0 Å². The Labute approximate surface area is 162 Å². The van der Waals surface area contributed by atoms with Crippen molar-refractivity contribution in [1.82, 2.24) is 4.90 Å². The van der Waals surface area contributed by atoms with E-state index in [4.69, 9.17) is 24.5 Å². The molecule has 1 saturated heterocycles. The standard InChI is InChI=1S/C19H31NO.C2H2O4/c1-17-11-5-6-13-19(17)21-16-10-4-3-8-14-20-15-9-7-12-18(20)2;3-1(4)2(5)6/h5-6,11,13,18H,3-4,7-10,12,14-16H2,1-2H3;(H,3,4)(H,5,6). The molecule has 2 rings (SSSR count). The molecule has 2 N–H and O–H groups in total. The van der Waals surface area contributed by atoms with E-state index in [0.717, 1.165) is 18.4 Å². The zero-order valence-corrected chi connectivity index (χ0v) is 16.5. The first kappa shape index (κ1) is 23.0. The van der Waals surface area contributed by atoms with Crippen molar-refractivity contribution >= 4 is 11.9 Å². The van der Waals surface area contributed by atoms with Crippen molar-refractivity contribution in [2.75, 3.05) is 19.7 Å². The molecule has 6 nitrogen and oxygen atoms in total. The fourth-order valence-electron chi connectivity index (χ4n) is 3.16. The van der Waals surface area contributed by atoms with Crippen LogP contribution < -0.4 is 4.74 Å². The molecule has 0 aromatic heterocycles. The minimum atomic E-state index is -1.82. The molecule has 1 aliphatic heterocycles. The number of carboxylic acids is 2. The predicted octanol–water partition coefficient (Wildman–Crippen LogP) is 3.96. The quantitative estimate of drug-likeness (QED) is 0.525. The maximum absolute atomic E-state index is 9.10. The third-order valence-electron chi connectivity index (χ3n) is 4.81. The van der Waals surface area contributed by atoms with Gasteiger partial charge in [0, 0.05) is 6.04 Å². The highest BCUT2D eigenvalue weighted by atomic mass is 16.5. The van der Waals surface area contributed by atoms with Gasteiger partial charge in [-0.15, -0.1) is 0 Å². The van der Waals surface area contributed by atoms with Crippen LogP contribution in [-0.4, -0.2) is 52.8 Å². The third-order valence-corrected chi connectivity index (χ3v) is 4.81. The van der Waals surface area contributed by atoms with Gasteiger partial charge in [0.2, 0.25) is 0 Å². The molecule has 0 spiro atoms. The maximum Gasteiger partial charge on any atom is 0.414 e. The van der Waals surface area contributed by atoms with Gasteiger partial charge in [-0.3, -0.25) is 0 Å². The number of aliphatic carboxylic acids is 2. The highest BCUT2D eigenvalue weighted by Crippen LogP contribution is 2.18. The highest BCUT2D eigenvalue weighted by Gasteiger charge is 2.16. The Morgan fingerprint density at radius 2 is 1.74 bits per heavy atom. The van der Waals surface area contributed by atoms with Crippen LogP contribution in [0.3, 0.4) is 0 Å². The SMILES string of the molecule is Cc1ccccc1OCCCCCCN1CCCCC1C.O=C(O)C(=O)O. The van der Waals surface area contributed by atoms with Crippen molar-refractivity contribution < 1.29 is 24.5 Å². The van der Waals surface area contributed by atoms with Gasteiger partial charge in [0.1, 0.15) is 5.75 Å². The van der Waals surface area contributed by atoms with E-state index in [1.807, 2.05) is 6.07 Å². The van der Waals surface area contributed by atoms with E-state index < -0.39 is 11.9 Å². The number of unbranched alkanes of at least 4 members (excludes halogenated alkanes) is 3. The number of nitrogens with zero attached hydrogens (tertiary/aromatic N) is 1. The van der Waals surface area contributed by atoms with Gasteiger partial charge in [0.25, 0.3) is 0 Å². The molecule has 1 aliphatic rings. The van der Waals surface area contributed by atoms with Gasteiger partial charge in [-0.05, 0) is 64.3 Å². The van der Waals surface area contributed by atoms with Crippen LogP contribution >= 0.6 is 0 Å². The molecule has 1 aromatic carbocycles. The topological polar surface area (TPSA) is 87.1 Å². The molecule has 6 heteroatoms. The molecular weight excluding hydrogens is 346 g/mol. The number of hydrogen-bond acceptors (Lipinski definition) is 4. The fraction of sp³-hybridized carbons (Fsp3) is 0.619. The lowest BCUT2D eigenvalue weighted by Gasteiger charge is -2.33. The van der Waals surface area contributed by atoms with E-state index >= 15 is 0 Å². The number of carboxylic acid groups (broad SMARTS) is 2. The first-order valence-electron chi connectivity index (χ1n) is 9.80. The van der Waals surface area contributed by atoms with E-state index in [1.165, 1.54) is 63.6 Å². The molecule has 152 valence electrons. The summed E-state index contributed by atoms with van der Waals surface area (Å²) in [6.45, 7) is 7.95. The van der Waals surface area contributed by atoms with E-state index in [1.54, 1.807) is 0 Å². The summed E-state index contributed by atoms with van der Waals surface area (Å²) in [7, 11) is 0. The van der Waals surface area contributed by atoms with Crippen molar-refractivity contribution in [3.8, 4) is 5.75 Å². The van der Waals surface area contributed by atoms with Crippen LogP contribution in [0.5, 0.6) is 5.75 Å². The number of likely N-dealkylation sites (tertiary alicyclic amines) is 1.